The third kappa shape index (κ3) is 5.17. The Hall–Kier alpha value is -1.78. The van der Waals surface area contributed by atoms with Gasteiger partial charge in [-0.25, -0.2) is 16.8 Å². The first-order chi connectivity index (χ1) is 15.6. The van der Waals surface area contributed by atoms with Crippen molar-refractivity contribution >= 4 is 20.0 Å². The van der Waals surface area contributed by atoms with Crippen molar-refractivity contribution in [1.82, 2.24) is 8.61 Å². The highest BCUT2D eigenvalue weighted by Crippen LogP contribution is 2.25. The molecule has 2 heterocycles. The second-order valence-electron chi connectivity index (χ2n) is 9.38. The number of quaternary nitrogens is 1. The van der Waals surface area contributed by atoms with Gasteiger partial charge in [0.2, 0.25) is 20.0 Å². The average molecular weight is 493 g/mol. The van der Waals surface area contributed by atoms with Gasteiger partial charge in [-0.15, -0.1) is 0 Å². The molecule has 2 saturated heterocycles. The third-order valence-electron chi connectivity index (χ3n) is 7.08. The summed E-state index contributed by atoms with van der Waals surface area (Å²) in [6.45, 7) is 8.28. The largest absolute Gasteiger partial charge is 0.321 e. The molecule has 2 aliphatic rings. The second kappa shape index (κ2) is 9.46. The fourth-order valence-corrected chi connectivity index (χ4v) is 7.70. The van der Waals surface area contributed by atoms with Crippen molar-refractivity contribution in [3.63, 3.8) is 0 Å². The zero-order valence-corrected chi connectivity index (χ0v) is 21.1. The van der Waals surface area contributed by atoms with Crippen LogP contribution in [0.5, 0.6) is 0 Å². The van der Waals surface area contributed by atoms with Crippen LogP contribution in [0, 0.1) is 13.8 Å². The predicted molar refractivity (Wildman–Crippen MR) is 129 cm³/mol. The molecule has 7 nitrogen and oxygen atoms in total. The van der Waals surface area contributed by atoms with E-state index in [0.29, 0.717) is 26.2 Å². The molecule has 0 aromatic heterocycles. The average Bonchev–Trinajstić information content (AvgIpc) is 3.27. The Morgan fingerprint density at radius 2 is 0.939 bits per heavy atom. The van der Waals surface area contributed by atoms with Crippen molar-refractivity contribution in [2.24, 2.45) is 0 Å². The monoisotopic (exact) mass is 492 g/mol. The van der Waals surface area contributed by atoms with Crippen LogP contribution in [0.15, 0.2) is 58.3 Å². The molecule has 4 rings (SSSR count). The van der Waals surface area contributed by atoms with E-state index >= 15 is 0 Å². The number of hydrogen-bond donors (Lipinski definition) is 0. The van der Waals surface area contributed by atoms with E-state index < -0.39 is 20.0 Å². The quantitative estimate of drug-likeness (QED) is 0.615. The Balaban J connectivity index is 1.66. The van der Waals surface area contributed by atoms with Crippen molar-refractivity contribution in [1.29, 1.82) is 0 Å². The lowest BCUT2D eigenvalue weighted by Gasteiger charge is -2.35. The standard InChI is InChI=1S/C24H34N3O4S2/c1-21-5-9-23(10-6-21)32(28,29)25-13-14-26(16-20-27(19-15-25)17-3-4-18-27)33(30,31)24-11-7-22(2)8-12-24/h5-12H,3-4,13-20H2,1-2H3/q+1. The summed E-state index contributed by atoms with van der Waals surface area (Å²) < 4.78 is 57.7. The molecule has 0 aliphatic carbocycles. The van der Waals surface area contributed by atoms with Gasteiger partial charge in [0.15, 0.2) is 0 Å². The summed E-state index contributed by atoms with van der Waals surface area (Å²) in [6.07, 6.45) is 2.19. The lowest BCUT2D eigenvalue weighted by atomic mass is 10.2. The molecule has 2 aromatic rings. The molecule has 180 valence electrons. The normalized spacial score (nSPS) is 20.9. The first-order valence-electron chi connectivity index (χ1n) is 11.6. The number of benzene rings is 2. The van der Waals surface area contributed by atoms with Crippen molar-refractivity contribution in [3.05, 3.63) is 59.7 Å². The summed E-state index contributed by atoms with van der Waals surface area (Å²) in [7, 11) is -7.44. The van der Waals surface area contributed by atoms with Gasteiger partial charge in [-0.2, -0.15) is 8.61 Å². The van der Waals surface area contributed by atoms with Crippen LogP contribution in [-0.4, -0.2) is 82.3 Å². The van der Waals surface area contributed by atoms with Crippen molar-refractivity contribution in [2.45, 2.75) is 36.5 Å². The minimum absolute atomic E-state index is 0.140. The molecule has 1 spiro atoms. The number of aryl methyl sites for hydroxylation is 2. The summed E-state index contributed by atoms with van der Waals surface area (Å²) >= 11 is 0. The minimum Gasteiger partial charge on any atom is -0.321 e. The Bertz CT molecular complexity index is 1080. The van der Waals surface area contributed by atoms with E-state index in [-0.39, 0.29) is 22.9 Å². The molecule has 0 radical (unpaired) electrons. The smallest absolute Gasteiger partial charge is 0.243 e. The van der Waals surface area contributed by atoms with Gasteiger partial charge in [-0.3, -0.25) is 0 Å². The molecule has 0 atom stereocenters. The van der Waals surface area contributed by atoms with Gasteiger partial charge in [0.25, 0.3) is 0 Å². The zero-order valence-electron chi connectivity index (χ0n) is 19.5. The van der Waals surface area contributed by atoms with E-state index in [9.17, 15) is 16.8 Å². The molecular weight excluding hydrogens is 458 g/mol. The maximum Gasteiger partial charge on any atom is 0.243 e. The van der Waals surface area contributed by atoms with Crippen LogP contribution < -0.4 is 0 Å². The summed E-state index contributed by atoms with van der Waals surface area (Å²) in [5.41, 5.74) is 1.99. The molecule has 2 aliphatic heterocycles. The fraction of sp³-hybridized carbons (Fsp3) is 0.500. The van der Waals surface area contributed by atoms with E-state index in [1.807, 2.05) is 13.8 Å². The Morgan fingerprint density at radius 3 is 1.30 bits per heavy atom. The molecule has 0 unspecified atom stereocenters. The first-order valence-corrected chi connectivity index (χ1v) is 14.5. The summed E-state index contributed by atoms with van der Waals surface area (Å²) in [5, 5.41) is 0. The minimum atomic E-state index is -3.72. The Labute approximate surface area is 198 Å². The number of sulfonamides is 2. The van der Waals surface area contributed by atoms with Crippen LogP contribution in [-0.2, 0) is 20.0 Å². The van der Waals surface area contributed by atoms with Crippen LogP contribution in [0.1, 0.15) is 24.0 Å². The highest BCUT2D eigenvalue weighted by Gasteiger charge is 2.38. The van der Waals surface area contributed by atoms with Gasteiger partial charge in [-0.1, -0.05) is 35.4 Å². The number of rotatable bonds is 4. The zero-order chi connectivity index (χ0) is 23.7. The van der Waals surface area contributed by atoms with E-state index in [2.05, 4.69) is 0 Å². The Morgan fingerprint density at radius 1 is 0.576 bits per heavy atom. The summed E-state index contributed by atoms with van der Waals surface area (Å²) in [5.74, 6) is 0. The van der Waals surface area contributed by atoms with Gasteiger partial charge in [0, 0.05) is 25.9 Å². The lowest BCUT2D eigenvalue weighted by Crippen LogP contribution is -2.52. The van der Waals surface area contributed by atoms with Crippen molar-refractivity contribution in [3.8, 4) is 0 Å². The van der Waals surface area contributed by atoms with Crippen LogP contribution >= 0.6 is 0 Å². The lowest BCUT2D eigenvalue weighted by molar-refractivity contribution is -0.915. The maximum atomic E-state index is 13.5. The SMILES string of the molecule is Cc1ccc(S(=O)(=O)N2CCN(S(=O)(=O)c3ccc(C)cc3)CC[N+]3(CCCC3)CC2)cc1. The van der Waals surface area contributed by atoms with Crippen LogP contribution in [0.25, 0.3) is 0 Å². The summed E-state index contributed by atoms with van der Waals surface area (Å²) in [6, 6.07) is 13.7. The molecule has 33 heavy (non-hydrogen) atoms. The van der Waals surface area contributed by atoms with E-state index in [4.69, 9.17) is 0 Å². The van der Waals surface area contributed by atoms with Gasteiger partial charge < -0.3 is 4.48 Å². The number of nitrogens with zero attached hydrogens (tertiary/aromatic N) is 3. The molecule has 0 amide bonds. The van der Waals surface area contributed by atoms with Gasteiger partial charge in [0.1, 0.15) is 0 Å². The topological polar surface area (TPSA) is 74.8 Å². The first kappa shape index (κ1) is 24.3. The van der Waals surface area contributed by atoms with Gasteiger partial charge in [0.05, 0.1) is 49.1 Å². The highest BCUT2D eigenvalue weighted by molar-refractivity contribution is 7.89. The maximum absolute atomic E-state index is 13.5. The van der Waals surface area contributed by atoms with Crippen molar-refractivity contribution in [2.75, 3.05) is 52.4 Å². The molecule has 0 N–H and O–H groups in total. The van der Waals surface area contributed by atoms with Crippen LogP contribution in [0.4, 0.5) is 0 Å². The third-order valence-corrected chi connectivity index (χ3v) is 10.9. The molecular formula is C24H34N3O4S2+. The summed E-state index contributed by atoms with van der Waals surface area (Å²) in [4.78, 5) is 0.515. The molecule has 2 aromatic carbocycles. The van der Waals surface area contributed by atoms with E-state index in [1.165, 1.54) is 8.61 Å². The van der Waals surface area contributed by atoms with E-state index in [1.54, 1.807) is 48.5 Å². The molecule has 9 heteroatoms. The second-order valence-corrected chi connectivity index (χ2v) is 13.3. The molecule has 0 bridgehead atoms. The van der Waals surface area contributed by atoms with Gasteiger partial charge >= 0.3 is 0 Å². The van der Waals surface area contributed by atoms with E-state index in [0.717, 1.165) is 41.5 Å². The van der Waals surface area contributed by atoms with Gasteiger partial charge in [-0.05, 0) is 38.1 Å². The Kier molecular flexibility index (Phi) is 6.98. The van der Waals surface area contributed by atoms with Crippen LogP contribution in [0.2, 0.25) is 0 Å². The number of hydrogen-bond acceptors (Lipinski definition) is 4. The molecule has 0 saturated carbocycles. The highest BCUT2D eigenvalue weighted by atomic mass is 32.2. The predicted octanol–water partition coefficient (Wildman–Crippen LogP) is 2.61. The molecule has 2 fully saturated rings. The van der Waals surface area contributed by atoms with Crippen LogP contribution in [0.3, 0.4) is 0 Å². The fourth-order valence-electron chi connectivity index (χ4n) is 4.86. The van der Waals surface area contributed by atoms with Crippen molar-refractivity contribution < 1.29 is 21.3 Å².